The van der Waals surface area contributed by atoms with E-state index in [1.54, 1.807) is 11.3 Å². The Morgan fingerprint density at radius 1 is 1.12 bits per heavy atom. The highest BCUT2D eigenvalue weighted by Crippen LogP contribution is 2.17. The summed E-state index contributed by atoms with van der Waals surface area (Å²) >= 11 is 1.81. The first-order valence-electron chi connectivity index (χ1n) is 8.61. The van der Waals surface area contributed by atoms with E-state index in [4.69, 9.17) is 0 Å². The van der Waals surface area contributed by atoms with Gasteiger partial charge in [-0.05, 0) is 35.4 Å². The second kappa shape index (κ2) is 10.8. The maximum atomic E-state index is 4.30. The van der Waals surface area contributed by atoms with Gasteiger partial charge in [0, 0.05) is 44.6 Å². The van der Waals surface area contributed by atoms with Gasteiger partial charge in [0.1, 0.15) is 0 Å². The lowest BCUT2D eigenvalue weighted by Crippen LogP contribution is -2.43. The molecule has 0 bridgehead atoms. The molecule has 3 rings (SSSR count). The molecule has 2 N–H and O–H groups in total. The molecular formula is C19H27IN4S. The van der Waals surface area contributed by atoms with Crippen LogP contribution in [0.25, 0.3) is 0 Å². The zero-order chi connectivity index (χ0) is 16.6. The third-order valence-electron chi connectivity index (χ3n) is 4.40. The maximum absolute atomic E-state index is 4.30. The van der Waals surface area contributed by atoms with Crippen molar-refractivity contribution in [2.24, 2.45) is 4.99 Å². The molecule has 0 unspecified atom stereocenters. The summed E-state index contributed by atoms with van der Waals surface area (Å²) in [7, 11) is 1.83. The summed E-state index contributed by atoms with van der Waals surface area (Å²) in [5, 5.41) is 8.93. The van der Waals surface area contributed by atoms with Crippen LogP contribution in [0.2, 0.25) is 0 Å². The average Bonchev–Trinajstić information content (AvgIpc) is 3.13. The van der Waals surface area contributed by atoms with E-state index in [9.17, 15) is 0 Å². The number of guanidine groups is 1. The Labute approximate surface area is 171 Å². The van der Waals surface area contributed by atoms with Crippen LogP contribution < -0.4 is 10.6 Å². The number of fused-ring (bicyclic) bond motifs is 1. The number of benzene rings is 1. The van der Waals surface area contributed by atoms with E-state index in [0.717, 1.165) is 51.5 Å². The van der Waals surface area contributed by atoms with E-state index in [2.05, 4.69) is 62.3 Å². The van der Waals surface area contributed by atoms with E-state index in [0.29, 0.717) is 0 Å². The lowest BCUT2D eigenvalue weighted by molar-refractivity contribution is 0.258. The molecule has 2 heterocycles. The molecule has 4 nitrogen and oxygen atoms in total. The molecule has 0 aliphatic carbocycles. The lowest BCUT2D eigenvalue weighted by Gasteiger charge is -2.28. The first kappa shape index (κ1) is 20.2. The Bertz CT molecular complexity index is 657. The molecule has 0 spiro atoms. The third kappa shape index (κ3) is 6.27. The average molecular weight is 470 g/mol. The van der Waals surface area contributed by atoms with Crippen LogP contribution in [0.4, 0.5) is 0 Å². The quantitative estimate of drug-likeness (QED) is 0.387. The third-order valence-corrected chi connectivity index (χ3v) is 5.33. The van der Waals surface area contributed by atoms with E-state index in [1.807, 2.05) is 7.05 Å². The van der Waals surface area contributed by atoms with Gasteiger partial charge < -0.3 is 10.6 Å². The molecular weight excluding hydrogens is 443 g/mol. The molecule has 0 atom stereocenters. The zero-order valence-electron chi connectivity index (χ0n) is 14.7. The summed E-state index contributed by atoms with van der Waals surface area (Å²) < 4.78 is 0. The van der Waals surface area contributed by atoms with Gasteiger partial charge in [0.05, 0.1) is 0 Å². The van der Waals surface area contributed by atoms with Crippen molar-refractivity contribution in [3.63, 3.8) is 0 Å². The van der Waals surface area contributed by atoms with Crippen molar-refractivity contribution >= 4 is 41.3 Å². The van der Waals surface area contributed by atoms with Crippen LogP contribution in [0.15, 0.2) is 46.8 Å². The van der Waals surface area contributed by atoms with Crippen LogP contribution in [0.3, 0.4) is 0 Å². The zero-order valence-corrected chi connectivity index (χ0v) is 17.8. The van der Waals surface area contributed by atoms with Crippen molar-refractivity contribution < 1.29 is 0 Å². The molecule has 6 heteroatoms. The molecule has 1 aromatic carbocycles. The van der Waals surface area contributed by atoms with Gasteiger partial charge >= 0.3 is 0 Å². The molecule has 0 saturated heterocycles. The van der Waals surface area contributed by atoms with Gasteiger partial charge in [0.15, 0.2) is 5.96 Å². The van der Waals surface area contributed by atoms with Crippen LogP contribution >= 0.6 is 35.3 Å². The minimum atomic E-state index is 0. The number of nitrogens with one attached hydrogen (secondary N) is 2. The topological polar surface area (TPSA) is 39.7 Å². The molecule has 0 radical (unpaired) electrons. The van der Waals surface area contributed by atoms with Crippen LogP contribution in [0.1, 0.15) is 16.0 Å². The molecule has 136 valence electrons. The minimum absolute atomic E-state index is 0. The van der Waals surface area contributed by atoms with Crippen LogP contribution in [0.5, 0.6) is 0 Å². The first-order chi connectivity index (χ1) is 11.8. The van der Waals surface area contributed by atoms with Gasteiger partial charge in [0.2, 0.25) is 0 Å². The minimum Gasteiger partial charge on any atom is -0.356 e. The predicted molar refractivity (Wildman–Crippen MR) is 118 cm³/mol. The highest BCUT2D eigenvalue weighted by atomic mass is 127. The van der Waals surface area contributed by atoms with Gasteiger partial charge in [0.25, 0.3) is 0 Å². The van der Waals surface area contributed by atoms with Crippen molar-refractivity contribution in [2.45, 2.75) is 19.4 Å². The number of hydrogen-bond acceptors (Lipinski definition) is 3. The largest absolute Gasteiger partial charge is 0.356 e. The Kier molecular flexibility index (Phi) is 8.71. The van der Waals surface area contributed by atoms with Gasteiger partial charge in [-0.3, -0.25) is 9.89 Å². The van der Waals surface area contributed by atoms with E-state index in [-0.39, 0.29) is 24.0 Å². The smallest absolute Gasteiger partial charge is 0.191 e. The fraction of sp³-hybridized carbons (Fsp3) is 0.421. The fourth-order valence-corrected chi connectivity index (χ4v) is 3.77. The highest BCUT2D eigenvalue weighted by molar-refractivity contribution is 14.0. The maximum Gasteiger partial charge on any atom is 0.191 e. The second-order valence-corrected chi connectivity index (χ2v) is 7.08. The molecule has 0 fully saturated rings. The van der Waals surface area contributed by atoms with E-state index < -0.39 is 0 Å². The molecule has 1 aliphatic rings. The molecule has 25 heavy (non-hydrogen) atoms. The number of nitrogens with zero attached hydrogens (tertiary/aromatic N) is 2. The van der Waals surface area contributed by atoms with Crippen molar-refractivity contribution in [3.8, 4) is 0 Å². The summed E-state index contributed by atoms with van der Waals surface area (Å²) in [5.74, 6) is 0.893. The SMILES string of the molecule is CN=C(NCCc1cccs1)NCCN1CCc2ccccc2C1.I. The normalized spacial score (nSPS) is 14.5. The highest BCUT2D eigenvalue weighted by Gasteiger charge is 2.14. The Hall–Kier alpha value is -1.12. The second-order valence-electron chi connectivity index (χ2n) is 6.05. The van der Waals surface area contributed by atoms with Crippen molar-refractivity contribution in [2.75, 3.05) is 33.2 Å². The van der Waals surface area contributed by atoms with Crippen LogP contribution in [0, 0.1) is 0 Å². The van der Waals surface area contributed by atoms with Crippen molar-refractivity contribution in [1.29, 1.82) is 0 Å². The molecule has 1 aliphatic heterocycles. The van der Waals surface area contributed by atoms with Crippen LogP contribution in [-0.4, -0.2) is 44.1 Å². The summed E-state index contributed by atoms with van der Waals surface area (Å²) in [5.41, 5.74) is 2.98. The Morgan fingerprint density at radius 3 is 2.68 bits per heavy atom. The standard InChI is InChI=1S/C19H26N4S.HI/c1-20-19(21-10-8-18-7-4-14-24-18)22-11-13-23-12-9-16-5-2-3-6-17(16)15-23;/h2-7,14H,8-13,15H2,1H3,(H2,20,21,22);1H. The molecule has 2 aromatic rings. The number of rotatable bonds is 6. The molecule has 1 aromatic heterocycles. The number of hydrogen-bond donors (Lipinski definition) is 2. The summed E-state index contributed by atoms with van der Waals surface area (Å²) in [4.78, 5) is 8.22. The first-order valence-corrected chi connectivity index (χ1v) is 9.49. The molecule has 0 saturated carbocycles. The number of thiophene rings is 1. The number of aliphatic imine (C=N–C) groups is 1. The fourth-order valence-electron chi connectivity index (χ4n) is 3.06. The number of halogens is 1. The van der Waals surface area contributed by atoms with Gasteiger partial charge in [-0.15, -0.1) is 35.3 Å². The molecule has 0 amide bonds. The summed E-state index contributed by atoms with van der Waals surface area (Å²) in [6.45, 7) is 5.07. The van der Waals surface area contributed by atoms with E-state index in [1.165, 1.54) is 16.0 Å². The van der Waals surface area contributed by atoms with Gasteiger partial charge in [-0.25, -0.2) is 0 Å². The lowest BCUT2D eigenvalue weighted by atomic mass is 10.00. The predicted octanol–water partition coefficient (Wildman–Crippen LogP) is 3.13. The Balaban J connectivity index is 0.00000225. The van der Waals surface area contributed by atoms with Crippen molar-refractivity contribution in [1.82, 2.24) is 15.5 Å². The Morgan fingerprint density at radius 2 is 1.92 bits per heavy atom. The van der Waals surface area contributed by atoms with Crippen LogP contribution in [-0.2, 0) is 19.4 Å². The monoisotopic (exact) mass is 470 g/mol. The van der Waals surface area contributed by atoms with Crippen molar-refractivity contribution in [3.05, 3.63) is 57.8 Å². The summed E-state index contributed by atoms with van der Waals surface area (Å²) in [6.07, 6.45) is 2.20. The van der Waals surface area contributed by atoms with E-state index >= 15 is 0 Å². The van der Waals surface area contributed by atoms with Gasteiger partial charge in [-0.1, -0.05) is 30.3 Å². The van der Waals surface area contributed by atoms with Gasteiger partial charge in [-0.2, -0.15) is 0 Å². The summed E-state index contributed by atoms with van der Waals surface area (Å²) in [6, 6.07) is 13.1.